The number of carboxylic acids is 1. The van der Waals surface area contributed by atoms with Gasteiger partial charge in [0.2, 0.25) is 0 Å². The lowest BCUT2D eigenvalue weighted by Gasteiger charge is -1.98. The van der Waals surface area contributed by atoms with E-state index < -0.39 is 17.5 Å². The number of hydrazone groups is 1. The highest BCUT2D eigenvalue weighted by Gasteiger charge is 2.01. The molecule has 0 atom stereocenters. The molecular weight excluding hydrogens is 201 g/mol. The topological polar surface area (TPSA) is 85.5 Å². The van der Waals surface area contributed by atoms with Gasteiger partial charge >= 0.3 is 5.97 Å². The van der Waals surface area contributed by atoms with E-state index in [9.17, 15) is 9.18 Å². The average molecular weight is 209 g/mol. The van der Waals surface area contributed by atoms with Crippen LogP contribution in [0.15, 0.2) is 29.4 Å². The molecule has 0 aliphatic heterocycles. The third kappa shape index (κ3) is 3.55. The lowest BCUT2D eigenvalue weighted by Crippen LogP contribution is -2.13. The van der Waals surface area contributed by atoms with Crippen LogP contribution in [-0.2, 0) is 4.79 Å². The van der Waals surface area contributed by atoms with Gasteiger partial charge in [-0.05, 0) is 18.2 Å². The number of halogens is 1. The molecule has 0 unspecified atom stereocenters. The number of nitrogens with zero attached hydrogens (tertiary/aromatic N) is 1. The van der Waals surface area contributed by atoms with E-state index in [0.29, 0.717) is 5.69 Å². The predicted octanol–water partition coefficient (Wildman–Crippen LogP) is 1.33. The Morgan fingerprint density at radius 2 is 2.33 bits per heavy atom. The summed E-state index contributed by atoms with van der Waals surface area (Å²) in [6.45, 7) is 0. The number of rotatable bonds is 4. The Kier molecular flexibility index (Phi) is 3.50. The molecule has 0 bridgehead atoms. The zero-order valence-corrected chi connectivity index (χ0v) is 7.57. The molecule has 5 nitrogen and oxygen atoms in total. The van der Waals surface area contributed by atoms with E-state index in [-0.39, 0.29) is 0 Å². The number of aliphatic carboxylic acids is 1. The Hall–Kier alpha value is -2.24. The summed E-state index contributed by atoms with van der Waals surface area (Å²) in [6.07, 6.45) is 0.827. The molecule has 0 aliphatic rings. The van der Waals surface area contributed by atoms with Gasteiger partial charge in [0.05, 0.1) is 11.9 Å². The molecule has 0 fully saturated rings. The SMILES string of the molecule is N=C(/C=N\Nc1cccc(F)c1)C(=O)O. The zero-order chi connectivity index (χ0) is 11.3. The maximum atomic E-state index is 12.7. The first-order valence-electron chi connectivity index (χ1n) is 3.96. The maximum absolute atomic E-state index is 12.7. The van der Waals surface area contributed by atoms with Gasteiger partial charge in [0.1, 0.15) is 5.82 Å². The van der Waals surface area contributed by atoms with Crippen LogP contribution in [0.25, 0.3) is 0 Å². The Labute approximate surface area is 84.7 Å². The summed E-state index contributed by atoms with van der Waals surface area (Å²) in [6, 6.07) is 5.51. The van der Waals surface area contributed by atoms with Crippen LogP contribution in [0.1, 0.15) is 0 Å². The Morgan fingerprint density at radius 3 is 2.93 bits per heavy atom. The number of carboxylic acid groups (broad SMARTS) is 1. The monoisotopic (exact) mass is 209 g/mol. The number of benzene rings is 1. The highest BCUT2D eigenvalue weighted by atomic mass is 19.1. The second-order valence-electron chi connectivity index (χ2n) is 2.60. The van der Waals surface area contributed by atoms with Crippen LogP contribution < -0.4 is 5.43 Å². The van der Waals surface area contributed by atoms with Gasteiger partial charge in [-0.1, -0.05) is 6.07 Å². The van der Waals surface area contributed by atoms with Crippen molar-refractivity contribution in [3.05, 3.63) is 30.1 Å². The number of carbonyl (C=O) groups is 1. The first kappa shape index (κ1) is 10.8. The van der Waals surface area contributed by atoms with Gasteiger partial charge in [-0.15, -0.1) is 0 Å². The minimum absolute atomic E-state index is 0.379. The summed E-state index contributed by atoms with van der Waals surface area (Å²) in [5.74, 6) is -1.80. The summed E-state index contributed by atoms with van der Waals surface area (Å²) >= 11 is 0. The quantitative estimate of drug-likeness (QED) is 0.516. The second-order valence-corrected chi connectivity index (χ2v) is 2.60. The number of hydrogen-bond donors (Lipinski definition) is 3. The smallest absolute Gasteiger partial charge is 0.355 e. The molecular formula is C9H8FN3O2. The van der Waals surface area contributed by atoms with E-state index in [1.165, 1.54) is 18.2 Å². The zero-order valence-electron chi connectivity index (χ0n) is 7.57. The van der Waals surface area contributed by atoms with Crippen molar-refractivity contribution in [1.82, 2.24) is 0 Å². The molecule has 0 amide bonds. The first-order valence-corrected chi connectivity index (χ1v) is 3.96. The predicted molar refractivity (Wildman–Crippen MR) is 53.9 cm³/mol. The van der Waals surface area contributed by atoms with E-state index in [1.807, 2.05) is 0 Å². The van der Waals surface area contributed by atoms with Crippen LogP contribution in [0.3, 0.4) is 0 Å². The van der Waals surface area contributed by atoms with E-state index in [0.717, 1.165) is 6.21 Å². The average Bonchev–Trinajstić information content (AvgIpc) is 2.17. The molecule has 78 valence electrons. The minimum Gasteiger partial charge on any atom is -0.476 e. The molecule has 0 heterocycles. The van der Waals surface area contributed by atoms with Gasteiger partial charge in [0.25, 0.3) is 0 Å². The highest BCUT2D eigenvalue weighted by molar-refractivity contribution is 6.57. The maximum Gasteiger partial charge on any atom is 0.355 e. The van der Waals surface area contributed by atoms with Gasteiger partial charge in [-0.2, -0.15) is 5.10 Å². The Bertz CT molecular complexity index is 418. The van der Waals surface area contributed by atoms with Crippen molar-refractivity contribution < 1.29 is 14.3 Å². The van der Waals surface area contributed by atoms with Gasteiger partial charge in [-0.3, -0.25) is 10.8 Å². The van der Waals surface area contributed by atoms with Gasteiger partial charge < -0.3 is 5.11 Å². The third-order valence-electron chi connectivity index (χ3n) is 1.44. The summed E-state index contributed by atoms with van der Waals surface area (Å²) in [5, 5.41) is 18.7. The molecule has 15 heavy (non-hydrogen) atoms. The van der Waals surface area contributed by atoms with Crippen molar-refractivity contribution in [1.29, 1.82) is 5.41 Å². The molecule has 0 saturated heterocycles. The van der Waals surface area contributed by atoms with Crippen molar-refractivity contribution >= 4 is 23.6 Å². The highest BCUT2D eigenvalue weighted by Crippen LogP contribution is 2.08. The molecule has 1 aromatic rings. The number of nitrogens with one attached hydrogen (secondary N) is 2. The second kappa shape index (κ2) is 4.85. The molecule has 3 N–H and O–H groups in total. The van der Waals surface area contributed by atoms with Gasteiger partial charge in [0.15, 0.2) is 5.71 Å². The molecule has 0 spiro atoms. The van der Waals surface area contributed by atoms with Crippen molar-refractivity contribution in [2.24, 2.45) is 5.10 Å². The van der Waals surface area contributed by atoms with Gasteiger partial charge in [0, 0.05) is 0 Å². The molecule has 0 saturated carbocycles. The van der Waals surface area contributed by atoms with Crippen LogP contribution >= 0.6 is 0 Å². The standard InChI is InChI=1S/C9H8FN3O2/c10-6-2-1-3-7(4-6)13-12-5-8(11)9(14)15/h1-5,11,13H,(H,14,15)/b11-8?,12-5-. The van der Waals surface area contributed by atoms with Crippen molar-refractivity contribution in [3.8, 4) is 0 Å². The Balaban J connectivity index is 2.57. The van der Waals surface area contributed by atoms with E-state index >= 15 is 0 Å². The molecule has 0 aliphatic carbocycles. The normalized spacial score (nSPS) is 10.2. The van der Waals surface area contributed by atoms with Crippen LogP contribution in [0.5, 0.6) is 0 Å². The molecule has 6 heteroatoms. The van der Waals surface area contributed by atoms with Crippen LogP contribution in [0.2, 0.25) is 0 Å². The van der Waals surface area contributed by atoms with E-state index in [1.54, 1.807) is 6.07 Å². The minimum atomic E-state index is -1.38. The van der Waals surface area contributed by atoms with Crippen LogP contribution in [0.4, 0.5) is 10.1 Å². The van der Waals surface area contributed by atoms with Crippen LogP contribution in [0, 0.1) is 11.2 Å². The molecule has 0 radical (unpaired) electrons. The van der Waals surface area contributed by atoms with E-state index in [4.69, 9.17) is 10.5 Å². The molecule has 1 aromatic carbocycles. The largest absolute Gasteiger partial charge is 0.476 e. The van der Waals surface area contributed by atoms with Gasteiger partial charge in [-0.25, -0.2) is 9.18 Å². The summed E-state index contributed by atoms with van der Waals surface area (Å²) < 4.78 is 12.7. The summed E-state index contributed by atoms with van der Waals surface area (Å²) in [7, 11) is 0. The fourth-order valence-electron chi connectivity index (χ4n) is 0.785. The fourth-order valence-corrected chi connectivity index (χ4v) is 0.785. The lowest BCUT2D eigenvalue weighted by atomic mass is 10.3. The molecule has 1 rings (SSSR count). The summed E-state index contributed by atoms with van der Waals surface area (Å²) in [4.78, 5) is 10.2. The van der Waals surface area contributed by atoms with Crippen LogP contribution in [-0.4, -0.2) is 23.0 Å². The van der Waals surface area contributed by atoms with Crippen molar-refractivity contribution in [2.75, 3.05) is 5.43 Å². The third-order valence-corrected chi connectivity index (χ3v) is 1.44. The Morgan fingerprint density at radius 1 is 1.60 bits per heavy atom. The fraction of sp³-hybridized carbons (Fsp3) is 0. The van der Waals surface area contributed by atoms with Crippen molar-refractivity contribution in [3.63, 3.8) is 0 Å². The summed E-state index contributed by atoms with van der Waals surface area (Å²) in [5.41, 5.74) is 2.12. The number of anilines is 1. The van der Waals surface area contributed by atoms with Crippen molar-refractivity contribution in [2.45, 2.75) is 0 Å². The first-order chi connectivity index (χ1) is 7.09. The molecule has 0 aromatic heterocycles. The van der Waals surface area contributed by atoms with E-state index in [2.05, 4.69) is 10.5 Å². The lowest BCUT2D eigenvalue weighted by molar-refractivity contribution is -0.129. The number of hydrogen-bond acceptors (Lipinski definition) is 4.